The number of ether oxygens (including phenoxy) is 1. The fourth-order valence-electron chi connectivity index (χ4n) is 3.86. The van der Waals surface area contributed by atoms with E-state index in [0.717, 1.165) is 38.9 Å². The molecule has 3 rings (SSSR count). The maximum absolute atomic E-state index is 12.7. The third-order valence-corrected chi connectivity index (χ3v) is 5.51. The Bertz CT molecular complexity index is 586. The van der Waals surface area contributed by atoms with E-state index in [1.165, 1.54) is 12.8 Å². The SMILES string of the molecule is C=CCC1(OC)CCN(C(=O)c2cn(C[C@H]3CCCNC3)nn2)CC1. The summed E-state index contributed by atoms with van der Waals surface area (Å²) in [5.41, 5.74) is 0.266. The Labute approximate surface area is 149 Å². The molecule has 0 saturated carbocycles. The number of carbonyl (C=O) groups is 1. The lowest BCUT2D eigenvalue weighted by Gasteiger charge is -2.40. The van der Waals surface area contributed by atoms with E-state index in [2.05, 4.69) is 22.2 Å². The summed E-state index contributed by atoms with van der Waals surface area (Å²) in [4.78, 5) is 14.6. The Morgan fingerprint density at radius 1 is 1.52 bits per heavy atom. The van der Waals surface area contributed by atoms with Crippen molar-refractivity contribution in [2.24, 2.45) is 5.92 Å². The molecular formula is C18H29N5O2. The Balaban J connectivity index is 1.56. The lowest BCUT2D eigenvalue weighted by molar-refractivity contribution is -0.0498. The zero-order chi connectivity index (χ0) is 17.7. The molecule has 0 radical (unpaired) electrons. The molecule has 2 fully saturated rings. The number of amides is 1. The number of likely N-dealkylation sites (tertiary alicyclic amines) is 1. The molecule has 0 bridgehead atoms. The summed E-state index contributed by atoms with van der Waals surface area (Å²) in [6.45, 7) is 8.10. The highest BCUT2D eigenvalue weighted by Gasteiger charge is 2.35. The largest absolute Gasteiger partial charge is 0.378 e. The topological polar surface area (TPSA) is 72.3 Å². The highest BCUT2D eigenvalue weighted by atomic mass is 16.5. The average molecular weight is 347 g/mol. The molecule has 25 heavy (non-hydrogen) atoms. The molecule has 1 atom stereocenters. The second-order valence-corrected chi connectivity index (χ2v) is 7.21. The van der Waals surface area contributed by atoms with Crippen LogP contribution >= 0.6 is 0 Å². The fourth-order valence-corrected chi connectivity index (χ4v) is 3.86. The van der Waals surface area contributed by atoms with Gasteiger partial charge in [0.2, 0.25) is 0 Å². The van der Waals surface area contributed by atoms with Crippen LogP contribution in [0.5, 0.6) is 0 Å². The van der Waals surface area contributed by atoms with Crippen LogP contribution in [0.15, 0.2) is 18.9 Å². The van der Waals surface area contributed by atoms with E-state index in [1.807, 2.05) is 15.7 Å². The van der Waals surface area contributed by atoms with E-state index in [-0.39, 0.29) is 11.5 Å². The summed E-state index contributed by atoms with van der Waals surface area (Å²) in [6.07, 6.45) is 8.55. The van der Waals surface area contributed by atoms with Crippen molar-refractivity contribution >= 4 is 5.91 Å². The lowest BCUT2D eigenvalue weighted by Crippen LogP contribution is -2.47. The van der Waals surface area contributed by atoms with Crippen molar-refractivity contribution < 1.29 is 9.53 Å². The minimum atomic E-state index is -0.176. The molecule has 0 aliphatic carbocycles. The van der Waals surface area contributed by atoms with Gasteiger partial charge in [0.25, 0.3) is 5.91 Å². The normalized spacial score (nSPS) is 23.4. The van der Waals surface area contributed by atoms with Gasteiger partial charge in [0.05, 0.1) is 11.8 Å². The van der Waals surface area contributed by atoms with Gasteiger partial charge < -0.3 is 15.0 Å². The number of piperidine rings is 2. The Morgan fingerprint density at radius 3 is 2.96 bits per heavy atom. The maximum atomic E-state index is 12.7. The number of hydrogen-bond donors (Lipinski definition) is 1. The quantitative estimate of drug-likeness (QED) is 0.789. The summed E-state index contributed by atoms with van der Waals surface area (Å²) in [5.74, 6) is 0.533. The molecule has 3 heterocycles. The lowest BCUT2D eigenvalue weighted by atomic mass is 9.88. The monoisotopic (exact) mass is 347 g/mol. The first-order chi connectivity index (χ1) is 12.2. The number of rotatable bonds is 6. The molecule has 0 spiro atoms. The molecule has 2 saturated heterocycles. The molecule has 2 aliphatic heterocycles. The van der Waals surface area contributed by atoms with E-state index in [9.17, 15) is 4.79 Å². The highest BCUT2D eigenvalue weighted by molar-refractivity contribution is 5.92. The van der Waals surface area contributed by atoms with Crippen molar-refractivity contribution in [1.82, 2.24) is 25.2 Å². The smallest absolute Gasteiger partial charge is 0.276 e. The van der Waals surface area contributed by atoms with Gasteiger partial charge in [-0.05, 0) is 51.1 Å². The molecule has 2 aliphatic rings. The number of nitrogens with zero attached hydrogens (tertiary/aromatic N) is 4. The molecule has 1 aromatic heterocycles. The molecular weight excluding hydrogens is 318 g/mol. The van der Waals surface area contributed by atoms with Crippen LogP contribution in [0.25, 0.3) is 0 Å². The second kappa shape index (κ2) is 8.10. The highest BCUT2D eigenvalue weighted by Crippen LogP contribution is 2.30. The number of hydrogen-bond acceptors (Lipinski definition) is 5. The predicted molar refractivity (Wildman–Crippen MR) is 95.3 cm³/mol. The van der Waals surface area contributed by atoms with Gasteiger partial charge in [-0.25, -0.2) is 0 Å². The van der Waals surface area contributed by atoms with E-state index in [4.69, 9.17) is 4.74 Å². The average Bonchev–Trinajstić information content (AvgIpc) is 3.11. The molecule has 7 nitrogen and oxygen atoms in total. The third kappa shape index (κ3) is 4.27. The second-order valence-electron chi connectivity index (χ2n) is 7.21. The number of carbonyl (C=O) groups excluding carboxylic acids is 1. The zero-order valence-electron chi connectivity index (χ0n) is 15.1. The van der Waals surface area contributed by atoms with Crippen molar-refractivity contribution in [2.45, 2.75) is 44.2 Å². The van der Waals surface area contributed by atoms with E-state index < -0.39 is 0 Å². The van der Waals surface area contributed by atoms with Gasteiger partial charge in [0, 0.05) is 26.7 Å². The first-order valence-corrected chi connectivity index (χ1v) is 9.22. The first-order valence-electron chi connectivity index (χ1n) is 9.22. The van der Waals surface area contributed by atoms with Crippen molar-refractivity contribution in [3.8, 4) is 0 Å². The molecule has 138 valence electrons. The van der Waals surface area contributed by atoms with Crippen LogP contribution in [0.3, 0.4) is 0 Å². The van der Waals surface area contributed by atoms with Crippen LogP contribution in [0.2, 0.25) is 0 Å². The maximum Gasteiger partial charge on any atom is 0.276 e. The molecule has 0 unspecified atom stereocenters. The standard InChI is InChI=1S/C18H29N5O2/c1-3-6-18(25-2)7-10-22(11-8-18)17(24)16-14-23(21-20-16)13-15-5-4-9-19-12-15/h3,14-15,19H,1,4-13H2,2H3/t15-/m0/s1. The summed E-state index contributed by atoms with van der Waals surface area (Å²) >= 11 is 0. The zero-order valence-corrected chi connectivity index (χ0v) is 15.1. The Morgan fingerprint density at radius 2 is 2.32 bits per heavy atom. The van der Waals surface area contributed by atoms with Crippen molar-refractivity contribution in [2.75, 3.05) is 33.3 Å². The number of methoxy groups -OCH3 is 1. The molecule has 1 aromatic rings. The molecule has 7 heteroatoms. The van der Waals surface area contributed by atoms with Gasteiger partial charge in [0.15, 0.2) is 5.69 Å². The summed E-state index contributed by atoms with van der Waals surface area (Å²) in [6, 6.07) is 0. The molecule has 0 aromatic carbocycles. The summed E-state index contributed by atoms with van der Waals surface area (Å²) < 4.78 is 7.51. The van der Waals surface area contributed by atoms with Gasteiger partial charge in [-0.3, -0.25) is 9.48 Å². The van der Waals surface area contributed by atoms with Gasteiger partial charge in [0.1, 0.15) is 0 Å². The van der Waals surface area contributed by atoms with Crippen molar-refractivity contribution in [1.29, 1.82) is 0 Å². The van der Waals surface area contributed by atoms with E-state index in [0.29, 0.717) is 24.7 Å². The van der Waals surface area contributed by atoms with Crippen molar-refractivity contribution in [3.05, 3.63) is 24.5 Å². The van der Waals surface area contributed by atoms with Crippen LogP contribution in [-0.4, -0.2) is 64.7 Å². The third-order valence-electron chi connectivity index (χ3n) is 5.51. The van der Waals surface area contributed by atoms with E-state index >= 15 is 0 Å². The minimum absolute atomic E-state index is 0.0312. The summed E-state index contributed by atoms with van der Waals surface area (Å²) in [5, 5.41) is 11.7. The van der Waals surface area contributed by atoms with Crippen LogP contribution < -0.4 is 5.32 Å². The number of aromatic nitrogens is 3. The predicted octanol–water partition coefficient (Wildman–Crippen LogP) is 1.47. The van der Waals surface area contributed by atoms with Crippen LogP contribution in [0.1, 0.15) is 42.6 Å². The van der Waals surface area contributed by atoms with Crippen LogP contribution in [0, 0.1) is 5.92 Å². The minimum Gasteiger partial charge on any atom is -0.378 e. The van der Waals surface area contributed by atoms with Crippen molar-refractivity contribution in [3.63, 3.8) is 0 Å². The van der Waals surface area contributed by atoms with E-state index in [1.54, 1.807) is 13.3 Å². The van der Waals surface area contributed by atoms with Gasteiger partial charge in [-0.15, -0.1) is 11.7 Å². The first kappa shape index (κ1) is 18.1. The van der Waals surface area contributed by atoms with Crippen LogP contribution in [0.4, 0.5) is 0 Å². The fraction of sp³-hybridized carbons (Fsp3) is 0.722. The van der Waals surface area contributed by atoms with Crippen LogP contribution in [-0.2, 0) is 11.3 Å². The Hall–Kier alpha value is -1.73. The van der Waals surface area contributed by atoms with Gasteiger partial charge >= 0.3 is 0 Å². The summed E-state index contributed by atoms with van der Waals surface area (Å²) in [7, 11) is 1.74. The Kier molecular flexibility index (Phi) is 5.86. The number of nitrogens with one attached hydrogen (secondary N) is 1. The van der Waals surface area contributed by atoms with Gasteiger partial charge in [-0.2, -0.15) is 0 Å². The molecule has 1 amide bonds. The molecule has 1 N–H and O–H groups in total. The van der Waals surface area contributed by atoms with Gasteiger partial charge in [-0.1, -0.05) is 11.3 Å².